The first-order valence-corrected chi connectivity index (χ1v) is 7.22. The molecule has 4 heteroatoms. The van der Waals surface area contributed by atoms with E-state index in [9.17, 15) is 9.90 Å². The predicted octanol–water partition coefficient (Wildman–Crippen LogP) is 2.77. The molecule has 0 unspecified atom stereocenters. The van der Waals surface area contributed by atoms with Crippen molar-refractivity contribution in [3.05, 3.63) is 0 Å². The fourth-order valence-electron chi connectivity index (χ4n) is 3.33. The molecule has 1 N–H and O–H groups in total. The van der Waals surface area contributed by atoms with Crippen LogP contribution in [-0.4, -0.2) is 46.8 Å². The molecule has 4 nitrogen and oxygen atoms in total. The van der Waals surface area contributed by atoms with E-state index in [1.54, 1.807) is 0 Å². The van der Waals surface area contributed by atoms with E-state index in [1.165, 1.54) is 0 Å². The molecule has 19 heavy (non-hydrogen) atoms. The molecule has 112 valence electrons. The monoisotopic (exact) mass is 271 g/mol. The Balaban J connectivity index is 2.88. The molecular formula is C15H29NO3. The van der Waals surface area contributed by atoms with E-state index in [1.807, 2.05) is 13.8 Å². The van der Waals surface area contributed by atoms with Gasteiger partial charge < -0.3 is 9.84 Å². The van der Waals surface area contributed by atoms with Gasteiger partial charge in [-0.3, -0.25) is 9.69 Å². The fourth-order valence-corrected chi connectivity index (χ4v) is 3.33. The van der Waals surface area contributed by atoms with E-state index in [-0.39, 0.29) is 11.2 Å². The minimum atomic E-state index is -0.681. The Labute approximate surface area is 117 Å². The molecule has 1 fully saturated rings. The average Bonchev–Trinajstić information content (AvgIpc) is 2.21. The quantitative estimate of drug-likeness (QED) is 0.835. The molecule has 0 aromatic rings. The van der Waals surface area contributed by atoms with Gasteiger partial charge in [0.15, 0.2) is 0 Å². The summed E-state index contributed by atoms with van der Waals surface area (Å²) in [5.41, 5.74) is -1.09. The lowest BCUT2D eigenvalue weighted by Gasteiger charge is -2.49. The Bertz CT molecular complexity index is 316. The number of nitrogens with zero attached hydrogens (tertiary/aromatic N) is 1. The second kappa shape index (κ2) is 5.41. The molecule has 1 aliphatic rings. The van der Waals surface area contributed by atoms with Gasteiger partial charge in [-0.2, -0.15) is 0 Å². The SMILES string of the molecule is CCC(CC)(CN1CC(C)(C)OC(C)(C)C1)C(=O)O. The van der Waals surface area contributed by atoms with Crippen LogP contribution in [0.3, 0.4) is 0 Å². The van der Waals surface area contributed by atoms with Gasteiger partial charge in [0.25, 0.3) is 0 Å². The lowest BCUT2D eigenvalue weighted by Crippen LogP contribution is -2.59. The number of rotatable bonds is 5. The summed E-state index contributed by atoms with van der Waals surface area (Å²) in [5, 5.41) is 9.56. The molecule has 1 rings (SSSR count). The van der Waals surface area contributed by atoms with Crippen LogP contribution in [0.2, 0.25) is 0 Å². The number of hydrogen-bond acceptors (Lipinski definition) is 3. The van der Waals surface area contributed by atoms with Crippen molar-refractivity contribution in [2.45, 2.75) is 65.6 Å². The summed E-state index contributed by atoms with van der Waals surface area (Å²) in [4.78, 5) is 13.9. The zero-order valence-electron chi connectivity index (χ0n) is 13.2. The highest BCUT2D eigenvalue weighted by Gasteiger charge is 2.43. The van der Waals surface area contributed by atoms with Crippen molar-refractivity contribution in [2.24, 2.45) is 5.41 Å². The number of carbonyl (C=O) groups is 1. The van der Waals surface area contributed by atoms with E-state index in [2.05, 4.69) is 32.6 Å². The van der Waals surface area contributed by atoms with Gasteiger partial charge in [-0.05, 0) is 40.5 Å². The van der Waals surface area contributed by atoms with Crippen LogP contribution in [0.15, 0.2) is 0 Å². The highest BCUT2D eigenvalue weighted by atomic mass is 16.5. The number of carboxylic acids is 1. The molecule has 0 amide bonds. The average molecular weight is 271 g/mol. The van der Waals surface area contributed by atoms with Gasteiger partial charge in [0.1, 0.15) is 0 Å². The third-order valence-corrected chi connectivity index (χ3v) is 4.09. The summed E-state index contributed by atoms with van der Waals surface area (Å²) >= 11 is 0. The highest BCUT2D eigenvalue weighted by Crippen LogP contribution is 2.33. The number of carboxylic acid groups (broad SMARTS) is 1. The van der Waals surface area contributed by atoms with E-state index in [0.29, 0.717) is 19.4 Å². The Morgan fingerprint density at radius 2 is 1.58 bits per heavy atom. The molecule has 0 radical (unpaired) electrons. The minimum Gasteiger partial charge on any atom is -0.481 e. The summed E-state index contributed by atoms with van der Waals surface area (Å²) in [6.45, 7) is 14.4. The number of aliphatic carboxylic acids is 1. The maximum atomic E-state index is 11.6. The fraction of sp³-hybridized carbons (Fsp3) is 0.933. The van der Waals surface area contributed by atoms with Crippen molar-refractivity contribution in [3.63, 3.8) is 0 Å². The second-order valence-electron chi connectivity index (χ2n) is 7.06. The molecule has 0 bridgehead atoms. The molecule has 1 saturated heterocycles. The van der Waals surface area contributed by atoms with Crippen LogP contribution in [0.1, 0.15) is 54.4 Å². The molecule has 0 aromatic heterocycles. The summed E-state index contributed by atoms with van der Waals surface area (Å²) in [5.74, 6) is -0.681. The van der Waals surface area contributed by atoms with Crippen LogP contribution in [-0.2, 0) is 9.53 Å². The van der Waals surface area contributed by atoms with Crippen LogP contribution in [0.25, 0.3) is 0 Å². The first-order chi connectivity index (χ1) is 8.56. The Hall–Kier alpha value is -0.610. The lowest BCUT2D eigenvalue weighted by atomic mass is 9.81. The number of morpholine rings is 1. The molecule has 1 heterocycles. The first kappa shape index (κ1) is 16.4. The van der Waals surface area contributed by atoms with Crippen LogP contribution in [0.4, 0.5) is 0 Å². The summed E-state index contributed by atoms with van der Waals surface area (Å²) in [6, 6.07) is 0. The van der Waals surface area contributed by atoms with Crippen LogP contribution < -0.4 is 0 Å². The molecular weight excluding hydrogens is 242 g/mol. The number of ether oxygens (including phenoxy) is 1. The third kappa shape index (κ3) is 3.93. The van der Waals surface area contributed by atoms with Crippen LogP contribution in [0, 0.1) is 5.41 Å². The van der Waals surface area contributed by atoms with E-state index < -0.39 is 11.4 Å². The van der Waals surface area contributed by atoms with Gasteiger partial charge in [0.05, 0.1) is 16.6 Å². The van der Waals surface area contributed by atoms with Gasteiger partial charge >= 0.3 is 5.97 Å². The topological polar surface area (TPSA) is 49.8 Å². The van der Waals surface area contributed by atoms with E-state index in [4.69, 9.17) is 4.74 Å². The summed E-state index contributed by atoms with van der Waals surface area (Å²) in [6.07, 6.45) is 1.33. The summed E-state index contributed by atoms with van der Waals surface area (Å²) in [7, 11) is 0. The molecule has 0 saturated carbocycles. The van der Waals surface area contributed by atoms with Gasteiger partial charge in [-0.15, -0.1) is 0 Å². The van der Waals surface area contributed by atoms with Gasteiger partial charge in [-0.1, -0.05) is 13.8 Å². The Morgan fingerprint density at radius 1 is 1.16 bits per heavy atom. The van der Waals surface area contributed by atoms with Crippen molar-refractivity contribution in [3.8, 4) is 0 Å². The zero-order chi connectivity index (χ0) is 14.9. The minimum absolute atomic E-state index is 0.229. The number of hydrogen-bond donors (Lipinski definition) is 1. The van der Waals surface area contributed by atoms with Gasteiger partial charge in [0.2, 0.25) is 0 Å². The van der Waals surface area contributed by atoms with Gasteiger partial charge in [0, 0.05) is 19.6 Å². The third-order valence-electron chi connectivity index (χ3n) is 4.09. The highest BCUT2D eigenvalue weighted by molar-refractivity contribution is 5.74. The smallest absolute Gasteiger partial charge is 0.310 e. The van der Waals surface area contributed by atoms with Crippen molar-refractivity contribution < 1.29 is 14.6 Å². The van der Waals surface area contributed by atoms with Gasteiger partial charge in [-0.25, -0.2) is 0 Å². The predicted molar refractivity (Wildman–Crippen MR) is 76.3 cm³/mol. The van der Waals surface area contributed by atoms with Crippen molar-refractivity contribution in [1.82, 2.24) is 4.90 Å². The van der Waals surface area contributed by atoms with Crippen LogP contribution >= 0.6 is 0 Å². The molecule has 0 spiro atoms. The Morgan fingerprint density at radius 3 is 1.89 bits per heavy atom. The maximum Gasteiger partial charge on any atom is 0.310 e. The van der Waals surface area contributed by atoms with Crippen molar-refractivity contribution in [1.29, 1.82) is 0 Å². The largest absolute Gasteiger partial charge is 0.481 e. The lowest BCUT2D eigenvalue weighted by molar-refractivity contribution is -0.188. The Kier molecular flexibility index (Phi) is 4.68. The van der Waals surface area contributed by atoms with Crippen molar-refractivity contribution in [2.75, 3.05) is 19.6 Å². The first-order valence-electron chi connectivity index (χ1n) is 7.22. The molecule has 0 aromatic carbocycles. The molecule has 1 aliphatic heterocycles. The zero-order valence-corrected chi connectivity index (χ0v) is 13.2. The van der Waals surface area contributed by atoms with E-state index >= 15 is 0 Å². The molecule has 0 atom stereocenters. The van der Waals surface area contributed by atoms with Crippen molar-refractivity contribution >= 4 is 5.97 Å². The normalized spacial score (nSPS) is 23.3. The van der Waals surface area contributed by atoms with E-state index in [0.717, 1.165) is 13.1 Å². The molecule has 0 aliphatic carbocycles. The summed E-state index contributed by atoms with van der Waals surface area (Å²) < 4.78 is 6.04. The standard InChI is InChI=1S/C15H29NO3/c1-7-15(8-2,12(17)18)11-16-9-13(3,4)19-14(5,6)10-16/h7-11H2,1-6H3,(H,17,18). The second-order valence-corrected chi connectivity index (χ2v) is 7.06. The maximum absolute atomic E-state index is 11.6. The van der Waals surface area contributed by atoms with Crippen LogP contribution in [0.5, 0.6) is 0 Å².